The quantitative estimate of drug-likeness (QED) is 0.487. The molecule has 0 saturated carbocycles. The Hall–Kier alpha value is -3.06. The lowest BCUT2D eigenvalue weighted by Gasteiger charge is -2.14. The number of ether oxygens (including phenoxy) is 1. The minimum absolute atomic E-state index is 0.0168. The molecule has 0 aliphatic carbocycles. The minimum Gasteiger partial charge on any atom is -0.471 e. The third-order valence-electron chi connectivity index (χ3n) is 4.63. The van der Waals surface area contributed by atoms with Crippen LogP contribution in [0.25, 0.3) is 11.8 Å². The molecule has 30 heavy (non-hydrogen) atoms. The second kappa shape index (κ2) is 10.1. The van der Waals surface area contributed by atoms with E-state index in [-0.39, 0.29) is 6.04 Å². The summed E-state index contributed by atoms with van der Waals surface area (Å²) in [5.41, 5.74) is 4.85. The van der Waals surface area contributed by atoms with E-state index in [1.807, 2.05) is 42.7 Å². The average Bonchev–Trinajstić information content (AvgIpc) is 3.16. The van der Waals surface area contributed by atoms with E-state index in [9.17, 15) is 0 Å². The van der Waals surface area contributed by atoms with Crippen LogP contribution in [0.1, 0.15) is 48.6 Å². The van der Waals surface area contributed by atoms with Crippen molar-refractivity contribution in [2.24, 2.45) is 4.99 Å². The number of rotatable bonds is 5. The molecule has 4 rings (SSSR count). The Kier molecular flexibility index (Phi) is 7.30. The van der Waals surface area contributed by atoms with Crippen LogP contribution in [0.15, 0.2) is 64.8 Å². The third-order valence-corrected chi connectivity index (χ3v) is 5.12. The largest absolute Gasteiger partial charge is 0.471 e. The first-order chi connectivity index (χ1) is 14.6. The molecule has 3 aromatic rings. The summed E-state index contributed by atoms with van der Waals surface area (Å²) in [6.07, 6.45) is 7.48. The number of methoxy groups -OCH3 is 1. The van der Waals surface area contributed by atoms with Crippen LogP contribution in [0.2, 0.25) is 0 Å². The molecule has 0 amide bonds. The maximum atomic E-state index is 8.95. The number of carbonyl (C=O) groups is 1. The van der Waals surface area contributed by atoms with Gasteiger partial charge in [0.15, 0.2) is 0 Å². The molecule has 0 saturated heterocycles. The van der Waals surface area contributed by atoms with Gasteiger partial charge in [0.05, 0.1) is 36.1 Å². The van der Waals surface area contributed by atoms with Gasteiger partial charge < -0.3 is 4.74 Å². The molecule has 1 aliphatic rings. The van der Waals surface area contributed by atoms with Crippen molar-refractivity contribution in [3.63, 3.8) is 0 Å². The second-order valence-electron chi connectivity index (χ2n) is 6.57. The number of pyridine rings is 1. The molecular formula is C23H23BrN4O2. The number of aliphatic imine (C=N–C) groups is 1. The number of fused-ring (bicyclic) bond motifs is 3. The summed E-state index contributed by atoms with van der Waals surface area (Å²) in [5, 5.41) is 0. The van der Waals surface area contributed by atoms with Crippen LogP contribution in [0.5, 0.6) is 0 Å². The minimum atomic E-state index is -0.0168. The van der Waals surface area contributed by atoms with Gasteiger partial charge in [-0.3, -0.25) is 19.3 Å². The maximum absolute atomic E-state index is 8.95. The third kappa shape index (κ3) is 4.41. The van der Waals surface area contributed by atoms with Crippen LogP contribution in [0.4, 0.5) is 0 Å². The highest BCUT2D eigenvalue weighted by Gasteiger charge is 2.27. The highest BCUT2D eigenvalue weighted by Crippen LogP contribution is 2.34. The van der Waals surface area contributed by atoms with Gasteiger partial charge in [0, 0.05) is 16.2 Å². The van der Waals surface area contributed by atoms with Gasteiger partial charge in [-0.15, -0.1) is 0 Å². The number of hydrogen-bond donors (Lipinski definition) is 0. The van der Waals surface area contributed by atoms with Gasteiger partial charge in [-0.2, -0.15) is 0 Å². The van der Waals surface area contributed by atoms with Crippen molar-refractivity contribution in [3.05, 3.63) is 82.6 Å². The van der Waals surface area contributed by atoms with Gasteiger partial charge in [-0.1, -0.05) is 41.9 Å². The van der Waals surface area contributed by atoms with Crippen molar-refractivity contribution in [2.75, 3.05) is 7.11 Å². The number of imidazole rings is 1. The van der Waals surface area contributed by atoms with Gasteiger partial charge in [-0.05, 0) is 42.8 Å². The molecular weight excluding hydrogens is 444 g/mol. The zero-order valence-corrected chi connectivity index (χ0v) is 18.5. The summed E-state index contributed by atoms with van der Waals surface area (Å²) in [6.45, 7) is 6.51. The van der Waals surface area contributed by atoms with E-state index in [1.165, 1.54) is 7.11 Å². The molecule has 0 radical (unpaired) electrons. The molecule has 0 fully saturated rings. The molecule has 7 heteroatoms. The van der Waals surface area contributed by atoms with Crippen molar-refractivity contribution >= 4 is 34.2 Å². The Morgan fingerprint density at radius 1 is 1.27 bits per heavy atom. The summed E-state index contributed by atoms with van der Waals surface area (Å²) in [4.78, 5) is 23.3. The molecule has 0 spiro atoms. The van der Waals surface area contributed by atoms with Gasteiger partial charge in [0.2, 0.25) is 0 Å². The molecule has 1 aromatic carbocycles. The smallest absolute Gasteiger partial charge is 0.292 e. The first-order valence-corrected chi connectivity index (χ1v) is 10.4. The van der Waals surface area contributed by atoms with Crippen LogP contribution in [-0.4, -0.2) is 33.8 Å². The van der Waals surface area contributed by atoms with Crippen molar-refractivity contribution in [2.45, 2.75) is 25.8 Å². The standard InChI is InChI=1S/C21H19BrN4.C2H4O2/c1-3-7-18-21-24-13-15(4-2)26(21)19-10-9-14(22)12-16(19)20(25-18)17-8-5-6-11-23-17;1-4-2-3/h4-6,8-13,18H,2-3,7H2,1H3;2H,1H3/t18-;/m0./s1. The Bertz CT molecular complexity index is 1060. The SMILES string of the molecule is C=Cc1cnc2n1-c1ccc(Br)cc1C(c1ccccn1)=N[C@H]2CCC.COC=O. The maximum Gasteiger partial charge on any atom is 0.292 e. The fourth-order valence-corrected chi connectivity index (χ4v) is 3.73. The second-order valence-corrected chi connectivity index (χ2v) is 7.49. The number of aromatic nitrogens is 3. The lowest BCUT2D eigenvalue weighted by Crippen LogP contribution is -2.09. The zero-order chi connectivity index (χ0) is 21.5. The average molecular weight is 467 g/mol. The normalized spacial score (nSPS) is 14.2. The van der Waals surface area contributed by atoms with Gasteiger partial charge >= 0.3 is 0 Å². The van der Waals surface area contributed by atoms with Crippen molar-refractivity contribution in [1.82, 2.24) is 14.5 Å². The summed E-state index contributed by atoms with van der Waals surface area (Å²) in [6, 6.07) is 12.2. The van der Waals surface area contributed by atoms with Crippen LogP contribution < -0.4 is 0 Å². The Morgan fingerprint density at radius 3 is 2.70 bits per heavy atom. The number of hydrogen-bond acceptors (Lipinski definition) is 5. The number of halogens is 1. The van der Waals surface area contributed by atoms with Crippen LogP contribution in [0, 0.1) is 0 Å². The first-order valence-electron chi connectivity index (χ1n) is 9.60. The number of nitrogens with zero attached hydrogens (tertiary/aromatic N) is 4. The first kappa shape index (κ1) is 21.6. The highest BCUT2D eigenvalue weighted by atomic mass is 79.9. The summed E-state index contributed by atoms with van der Waals surface area (Å²) in [7, 11) is 1.31. The van der Waals surface area contributed by atoms with Crippen LogP contribution in [0.3, 0.4) is 0 Å². The lowest BCUT2D eigenvalue weighted by atomic mass is 10.0. The fraction of sp³-hybridized carbons (Fsp3) is 0.217. The lowest BCUT2D eigenvalue weighted by molar-refractivity contribution is -0.126. The van der Waals surface area contributed by atoms with Crippen LogP contribution in [-0.2, 0) is 9.53 Å². The van der Waals surface area contributed by atoms with Crippen molar-refractivity contribution < 1.29 is 9.53 Å². The van der Waals surface area contributed by atoms with E-state index in [0.29, 0.717) is 6.47 Å². The topological polar surface area (TPSA) is 69.4 Å². The monoisotopic (exact) mass is 466 g/mol. The predicted octanol–water partition coefficient (Wildman–Crippen LogP) is 5.15. The Labute approximate surface area is 184 Å². The molecule has 1 aliphatic heterocycles. The Balaban J connectivity index is 0.000000589. The van der Waals surface area contributed by atoms with E-state index in [4.69, 9.17) is 9.79 Å². The molecule has 3 heterocycles. The Morgan fingerprint density at radius 2 is 2.07 bits per heavy atom. The summed E-state index contributed by atoms with van der Waals surface area (Å²) < 4.78 is 7.05. The molecule has 1 atom stereocenters. The van der Waals surface area contributed by atoms with E-state index in [2.05, 4.69) is 60.8 Å². The van der Waals surface area contributed by atoms with Crippen molar-refractivity contribution in [3.8, 4) is 5.69 Å². The van der Waals surface area contributed by atoms with E-state index < -0.39 is 0 Å². The van der Waals surface area contributed by atoms with E-state index in [1.54, 1.807) is 0 Å². The van der Waals surface area contributed by atoms with Gasteiger partial charge in [0.1, 0.15) is 11.9 Å². The number of carbonyl (C=O) groups excluding carboxylic acids is 1. The molecule has 154 valence electrons. The molecule has 6 nitrogen and oxygen atoms in total. The predicted molar refractivity (Wildman–Crippen MR) is 122 cm³/mol. The molecule has 2 aromatic heterocycles. The van der Waals surface area contributed by atoms with Crippen molar-refractivity contribution in [1.29, 1.82) is 0 Å². The highest BCUT2D eigenvalue weighted by molar-refractivity contribution is 9.10. The van der Waals surface area contributed by atoms with E-state index >= 15 is 0 Å². The molecule has 0 unspecified atom stereocenters. The van der Waals surface area contributed by atoms with Gasteiger partial charge in [0.25, 0.3) is 6.47 Å². The van der Waals surface area contributed by atoms with Crippen LogP contribution >= 0.6 is 15.9 Å². The van der Waals surface area contributed by atoms with Gasteiger partial charge in [-0.25, -0.2) is 4.98 Å². The van der Waals surface area contributed by atoms with E-state index in [0.717, 1.165) is 51.5 Å². The zero-order valence-electron chi connectivity index (χ0n) is 17.0. The summed E-state index contributed by atoms with van der Waals surface area (Å²) in [5.74, 6) is 0.955. The molecule has 0 N–H and O–H groups in total. The summed E-state index contributed by atoms with van der Waals surface area (Å²) >= 11 is 3.61. The molecule has 0 bridgehead atoms. The number of benzene rings is 1. The fourth-order valence-electron chi connectivity index (χ4n) is 3.37.